The number of carbonyl (C=O) groups is 1. The molecule has 2 amide bonds. The molecule has 2 aliphatic carbocycles. The minimum Gasteiger partial charge on any atom is -0.305 e. The first-order valence-corrected chi connectivity index (χ1v) is 12.3. The lowest BCUT2D eigenvalue weighted by atomic mass is 9.99. The minimum atomic E-state index is -3.31. The van der Waals surface area contributed by atoms with Crippen molar-refractivity contribution in [3.63, 3.8) is 0 Å². The second-order valence-electron chi connectivity index (χ2n) is 8.74. The Morgan fingerprint density at radius 3 is 2.40 bits per heavy atom. The number of benzene rings is 2. The van der Waals surface area contributed by atoms with E-state index >= 15 is 0 Å². The number of urea groups is 1. The summed E-state index contributed by atoms with van der Waals surface area (Å²) in [6.45, 7) is 1.79. The Labute approximate surface area is 178 Å². The molecule has 2 aromatic carbocycles. The van der Waals surface area contributed by atoms with Crippen LogP contribution in [0.2, 0.25) is 0 Å². The predicted molar refractivity (Wildman–Crippen MR) is 119 cm³/mol. The van der Waals surface area contributed by atoms with Crippen LogP contribution >= 0.6 is 0 Å². The van der Waals surface area contributed by atoms with E-state index in [0.29, 0.717) is 4.90 Å². The van der Waals surface area contributed by atoms with Crippen LogP contribution in [0.25, 0.3) is 0 Å². The number of amides is 2. The number of rotatable bonds is 2. The number of aryl methyl sites for hydroxylation is 2. The second-order valence-corrected chi connectivity index (χ2v) is 10.5. The highest BCUT2D eigenvalue weighted by Gasteiger charge is 2.25. The summed E-state index contributed by atoms with van der Waals surface area (Å²) in [4.78, 5) is 15.4. The molecule has 6 nitrogen and oxygen atoms in total. The monoisotopic (exact) mass is 424 g/mol. The van der Waals surface area contributed by atoms with Crippen LogP contribution in [0.3, 0.4) is 0 Å². The summed E-state index contributed by atoms with van der Waals surface area (Å²) in [5.41, 5.74) is 8.35. The molecule has 0 aromatic heterocycles. The van der Waals surface area contributed by atoms with Crippen LogP contribution in [-0.4, -0.2) is 28.7 Å². The number of anilines is 1. The van der Waals surface area contributed by atoms with Crippen molar-refractivity contribution in [2.45, 2.75) is 56.4 Å². The zero-order valence-corrected chi connectivity index (χ0v) is 18.2. The van der Waals surface area contributed by atoms with E-state index in [9.17, 15) is 9.00 Å². The van der Waals surface area contributed by atoms with Gasteiger partial charge in [0.15, 0.2) is 0 Å². The van der Waals surface area contributed by atoms with E-state index in [0.717, 1.165) is 69.3 Å². The summed E-state index contributed by atoms with van der Waals surface area (Å²) < 4.78 is 17.1. The summed E-state index contributed by atoms with van der Waals surface area (Å²) >= 11 is 0. The molecule has 0 radical (unpaired) electrons. The number of nitrogens with two attached hydrogens (primary N) is 1. The normalized spacial score (nSPS) is 19.5. The van der Waals surface area contributed by atoms with E-state index in [2.05, 4.69) is 27.7 Å². The largest absolute Gasteiger partial charge is 0.354 e. The number of nitrogens with one attached hydrogen (secondary N) is 1. The quantitative estimate of drug-likeness (QED) is 0.772. The molecule has 2 aromatic rings. The molecule has 0 unspecified atom stereocenters. The Kier molecular flexibility index (Phi) is 4.92. The molecule has 3 aliphatic rings. The average molecular weight is 425 g/mol. The van der Waals surface area contributed by atoms with Gasteiger partial charge in [0.25, 0.3) is 0 Å². The Morgan fingerprint density at radius 2 is 1.70 bits per heavy atom. The van der Waals surface area contributed by atoms with Gasteiger partial charge in [0.05, 0.1) is 4.90 Å². The maximum Gasteiger partial charge on any atom is 0.354 e. The van der Waals surface area contributed by atoms with Crippen molar-refractivity contribution in [1.82, 2.24) is 4.90 Å². The van der Waals surface area contributed by atoms with Crippen molar-refractivity contribution in [1.29, 1.82) is 0 Å². The Balaban J connectivity index is 1.46. The molecule has 0 bridgehead atoms. The third-order valence-corrected chi connectivity index (χ3v) is 8.01. The first kappa shape index (κ1) is 19.7. The molecular formula is C23H28N4O2S. The molecule has 7 heteroatoms. The maximum absolute atomic E-state index is 13.2. The van der Waals surface area contributed by atoms with E-state index in [-0.39, 0.29) is 0 Å². The van der Waals surface area contributed by atoms with E-state index in [4.69, 9.17) is 5.14 Å². The fraction of sp³-hybridized carbons (Fsp3) is 0.435. The summed E-state index contributed by atoms with van der Waals surface area (Å²) in [6.07, 6.45) is 7.22. The van der Waals surface area contributed by atoms with Crippen molar-refractivity contribution in [3.8, 4) is 0 Å². The third kappa shape index (κ3) is 3.55. The van der Waals surface area contributed by atoms with Gasteiger partial charge in [-0.1, -0.05) is 12.1 Å². The summed E-state index contributed by atoms with van der Waals surface area (Å²) in [5, 5.41) is 9.04. The van der Waals surface area contributed by atoms with Gasteiger partial charge in [-0.3, -0.25) is 0 Å². The first-order valence-electron chi connectivity index (χ1n) is 10.7. The molecule has 0 spiro atoms. The highest BCUT2D eigenvalue weighted by Crippen LogP contribution is 2.38. The smallest absolute Gasteiger partial charge is 0.305 e. The van der Waals surface area contributed by atoms with Gasteiger partial charge in [-0.05, 0) is 97.5 Å². The summed E-state index contributed by atoms with van der Waals surface area (Å²) in [5.74, 6) is 0. The van der Waals surface area contributed by atoms with E-state index in [1.165, 1.54) is 27.8 Å². The zero-order chi connectivity index (χ0) is 20.9. The number of fused-ring (bicyclic) bond motifs is 3. The van der Waals surface area contributed by atoms with Gasteiger partial charge in [0.1, 0.15) is 9.92 Å². The van der Waals surface area contributed by atoms with Gasteiger partial charge < -0.3 is 10.2 Å². The molecule has 5 rings (SSSR count). The predicted octanol–water partition coefficient (Wildman–Crippen LogP) is 3.58. The lowest BCUT2D eigenvalue weighted by molar-refractivity contribution is 0.260. The number of likely N-dealkylation sites (N-methyl/N-ethyl adjacent to an activating group) is 1. The third-order valence-electron chi connectivity index (χ3n) is 6.64. The fourth-order valence-corrected chi connectivity index (χ4v) is 6.10. The Hall–Kier alpha value is -2.22. The molecule has 1 heterocycles. The lowest BCUT2D eigenvalue weighted by Crippen LogP contribution is -2.27. The SMILES string of the molecule is CN1CCc2ccc([S@@](N)(=O)=NC(=O)Nc3c4c(cc5c3CCC5)CCC4)cc2C1. The van der Waals surface area contributed by atoms with Gasteiger partial charge in [-0.15, -0.1) is 4.36 Å². The number of hydrogen-bond acceptors (Lipinski definition) is 3. The van der Waals surface area contributed by atoms with Crippen LogP contribution in [0.15, 0.2) is 33.5 Å². The average Bonchev–Trinajstić information content (AvgIpc) is 3.36. The van der Waals surface area contributed by atoms with Crippen molar-refractivity contribution >= 4 is 21.6 Å². The molecule has 3 N–H and O–H groups in total. The van der Waals surface area contributed by atoms with Gasteiger partial charge in [-0.25, -0.2) is 14.1 Å². The van der Waals surface area contributed by atoms with E-state index in [1.54, 1.807) is 6.07 Å². The zero-order valence-electron chi connectivity index (χ0n) is 17.4. The lowest BCUT2D eigenvalue weighted by Gasteiger charge is -2.25. The van der Waals surface area contributed by atoms with Crippen LogP contribution in [0, 0.1) is 0 Å². The molecule has 1 atom stereocenters. The van der Waals surface area contributed by atoms with Gasteiger partial charge >= 0.3 is 6.03 Å². The number of nitrogens with zero attached hydrogens (tertiary/aromatic N) is 2. The molecule has 0 saturated heterocycles. The van der Waals surface area contributed by atoms with Crippen LogP contribution in [0.1, 0.15) is 46.2 Å². The summed E-state index contributed by atoms with van der Waals surface area (Å²) in [7, 11) is -1.25. The minimum absolute atomic E-state index is 0.412. The van der Waals surface area contributed by atoms with E-state index < -0.39 is 15.9 Å². The highest BCUT2D eigenvalue weighted by molar-refractivity contribution is 7.91. The highest BCUT2D eigenvalue weighted by atomic mass is 32.2. The van der Waals surface area contributed by atoms with Crippen molar-refractivity contribution in [3.05, 3.63) is 57.6 Å². The summed E-state index contributed by atoms with van der Waals surface area (Å²) in [6, 6.07) is 7.26. The van der Waals surface area contributed by atoms with E-state index in [1.807, 2.05) is 12.1 Å². The van der Waals surface area contributed by atoms with Crippen molar-refractivity contribution in [2.75, 3.05) is 18.9 Å². The van der Waals surface area contributed by atoms with Crippen LogP contribution in [0.5, 0.6) is 0 Å². The van der Waals surface area contributed by atoms with Gasteiger partial charge in [0.2, 0.25) is 0 Å². The molecule has 1 aliphatic heterocycles. The molecule has 0 saturated carbocycles. The standard InChI is InChI=1S/C23H28N4O2S/c1-27-11-10-15-8-9-19(13-18(15)14-27)30(24,29)26-23(28)25-22-20-6-2-4-16(20)12-17-5-3-7-21(17)22/h8-9,12-13H,2-7,10-11,14H2,1H3,(H3,24,25,26,28,29)/t30-/m0/s1. The van der Waals surface area contributed by atoms with Crippen LogP contribution in [-0.2, 0) is 48.6 Å². The number of carbonyl (C=O) groups excluding carboxylic acids is 1. The Bertz CT molecular complexity index is 1130. The Morgan fingerprint density at radius 1 is 1.00 bits per heavy atom. The van der Waals surface area contributed by atoms with Gasteiger partial charge in [0, 0.05) is 18.8 Å². The number of hydrogen-bond donors (Lipinski definition) is 2. The second kappa shape index (κ2) is 7.48. The fourth-order valence-electron chi connectivity index (χ4n) is 5.13. The molecular weight excluding hydrogens is 396 g/mol. The van der Waals surface area contributed by atoms with Crippen molar-refractivity contribution < 1.29 is 9.00 Å². The van der Waals surface area contributed by atoms with Gasteiger partial charge in [-0.2, -0.15) is 0 Å². The molecule has 0 fully saturated rings. The molecule has 30 heavy (non-hydrogen) atoms. The van der Waals surface area contributed by atoms with Crippen LogP contribution in [0.4, 0.5) is 10.5 Å². The van der Waals surface area contributed by atoms with Crippen molar-refractivity contribution in [2.24, 2.45) is 9.50 Å². The topological polar surface area (TPSA) is 87.8 Å². The first-order chi connectivity index (χ1) is 14.4. The van der Waals surface area contributed by atoms with Crippen LogP contribution < -0.4 is 10.5 Å². The molecule has 158 valence electrons. The maximum atomic E-state index is 13.2.